The van der Waals surface area contributed by atoms with Crippen LogP contribution in [0, 0.1) is 33.0 Å². The van der Waals surface area contributed by atoms with Crippen LogP contribution in [-0.4, -0.2) is 19.1 Å². The van der Waals surface area contributed by atoms with Gasteiger partial charge in [0.2, 0.25) is 5.78 Å². The van der Waals surface area contributed by atoms with Gasteiger partial charge in [-0.15, -0.1) is 0 Å². The molecular weight excluding hydrogens is 449 g/mol. The first-order chi connectivity index (χ1) is 16.8. The summed E-state index contributed by atoms with van der Waals surface area (Å²) in [5.41, 5.74) is 12.1. The van der Waals surface area contributed by atoms with E-state index in [2.05, 4.69) is 53.3 Å². The predicted molar refractivity (Wildman–Crippen MR) is 144 cm³/mol. The highest BCUT2D eigenvalue weighted by molar-refractivity contribution is 6.07. The molecule has 0 unspecified atom stereocenters. The number of ether oxygens (including phenoxy) is 1. The number of hydrogen-bond donors (Lipinski definition) is 1. The van der Waals surface area contributed by atoms with Crippen LogP contribution in [0.3, 0.4) is 0 Å². The van der Waals surface area contributed by atoms with E-state index in [0.717, 1.165) is 48.1 Å². The van der Waals surface area contributed by atoms with Gasteiger partial charge in [-0.05, 0) is 91.3 Å². The monoisotopic (exact) mass is 493 g/mol. The van der Waals surface area contributed by atoms with E-state index < -0.39 is 6.67 Å². The molecule has 3 nitrogen and oxygen atoms in total. The number of halogens is 1. The number of hydrogen-bond acceptors (Lipinski definition) is 3. The summed E-state index contributed by atoms with van der Waals surface area (Å²) in [5.74, 6) is 0.740. The molecule has 0 bridgehead atoms. The number of nitrogens with two attached hydrogens (primary N) is 1. The van der Waals surface area contributed by atoms with Gasteiger partial charge in [-0.1, -0.05) is 58.9 Å². The highest BCUT2D eigenvalue weighted by Crippen LogP contribution is 2.75. The molecule has 5 aliphatic rings. The Bertz CT molecular complexity index is 1160. The summed E-state index contributed by atoms with van der Waals surface area (Å²) in [4.78, 5) is 13.1. The second kappa shape index (κ2) is 7.95. The van der Waals surface area contributed by atoms with Gasteiger partial charge in [0, 0.05) is 22.1 Å². The normalized spacial score (nSPS) is 43.8. The average Bonchev–Trinajstić information content (AvgIpc) is 2.82. The van der Waals surface area contributed by atoms with Gasteiger partial charge in [-0.25, -0.2) is 4.39 Å². The lowest BCUT2D eigenvalue weighted by Gasteiger charge is -2.70. The second-order valence-electron chi connectivity index (χ2n) is 13.7. The third-order valence-corrected chi connectivity index (χ3v) is 11.9. The Morgan fingerprint density at radius 3 is 2.44 bits per heavy atom. The van der Waals surface area contributed by atoms with E-state index in [1.165, 1.54) is 24.8 Å². The van der Waals surface area contributed by atoms with E-state index in [1.54, 1.807) is 6.08 Å². The largest absolute Gasteiger partial charge is 0.486 e. The van der Waals surface area contributed by atoms with Gasteiger partial charge in [-0.2, -0.15) is 0 Å². The highest BCUT2D eigenvalue weighted by Gasteiger charge is 2.66. The van der Waals surface area contributed by atoms with E-state index in [9.17, 15) is 9.18 Å². The van der Waals surface area contributed by atoms with Gasteiger partial charge in [0.25, 0.3) is 0 Å². The summed E-state index contributed by atoms with van der Waals surface area (Å²) in [6, 6.07) is 0. The molecule has 6 atom stereocenters. The Labute approximate surface area is 216 Å². The molecule has 5 rings (SSSR count). The molecule has 0 heterocycles. The predicted octanol–water partition coefficient (Wildman–Crippen LogP) is 7.51. The van der Waals surface area contributed by atoms with Crippen molar-refractivity contribution < 1.29 is 13.9 Å². The first-order valence-corrected chi connectivity index (χ1v) is 13.8. The first kappa shape index (κ1) is 25.5. The van der Waals surface area contributed by atoms with E-state index in [4.69, 9.17) is 10.5 Å². The van der Waals surface area contributed by atoms with Gasteiger partial charge in [0.15, 0.2) is 5.76 Å². The van der Waals surface area contributed by atoms with Crippen LogP contribution in [-0.2, 0) is 9.53 Å². The maximum atomic E-state index is 13.1. The van der Waals surface area contributed by atoms with Crippen LogP contribution in [0.5, 0.6) is 0 Å². The zero-order valence-corrected chi connectivity index (χ0v) is 23.2. The fourth-order valence-corrected chi connectivity index (χ4v) is 9.06. The van der Waals surface area contributed by atoms with E-state index in [0.29, 0.717) is 17.1 Å². The average molecular weight is 494 g/mol. The number of alkyl halides is 1. The van der Waals surface area contributed by atoms with Crippen LogP contribution >= 0.6 is 0 Å². The van der Waals surface area contributed by atoms with Gasteiger partial charge >= 0.3 is 0 Å². The molecule has 36 heavy (non-hydrogen) atoms. The lowest BCUT2D eigenvalue weighted by atomic mass is 9.34. The number of ketones is 1. The molecule has 0 aromatic carbocycles. The van der Waals surface area contributed by atoms with E-state index >= 15 is 0 Å². The van der Waals surface area contributed by atoms with Gasteiger partial charge in [-0.3, -0.25) is 4.79 Å². The van der Waals surface area contributed by atoms with Crippen LogP contribution < -0.4 is 5.73 Å². The summed E-state index contributed by atoms with van der Waals surface area (Å²) in [6.45, 7) is 17.7. The summed E-state index contributed by atoms with van der Waals surface area (Å²) in [7, 11) is 0. The molecule has 0 aromatic rings. The van der Waals surface area contributed by atoms with Crippen molar-refractivity contribution in [2.75, 3.05) is 13.3 Å². The van der Waals surface area contributed by atoms with Crippen molar-refractivity contribution in [3.05, 3.63) is 58.6 Å². The summed E-state index contributed by atoms with van der Waals surface area (Å²) in [6.07, 6.45) is 14.3. The van der Waals surface area contributed by atoms with Crippen molar-refractivity contribution in [1.82, 2.24) is 0 Å². The maximum Gasteiger partial charge on any atom is 0.220 e. The standard InChI is InChI=1S/C32H44FNO2/c1-20-22-8-9-25-30(5,23(22)18-24(35)27(20)36-17-16-33)13-15-32(7)26-19-29(4,21(2)34)11-10-28(26,3)12-14-31(25,32)6/h8-9,18,26H,2,10-17,19,34H2,1,3-7H3/t26-,28-,29-,30+,31-,32+/m1/s1. The van der Waals surface area contributed by atoms with Crippen molar-refractivity contribution in [3.63, 3.8) is 0 Å². The SMILES string of the molecule is C=C(N)[C@]1(C)CC[C@]2(C)CC[C@]3(C)C4=CC=C5C(=CC(=O)C(OCCF)=C5C)[C@]4(C)CC[C@@]3(C)[C@@H]2C1. The lowest BCUT2D eigenvalue weighted by Crippen LogP contribution is -2.62. The Balaban J connectivity index is 1.60. The topological polar surface area (TPSA) is 52.3 Å². The van der Waals surface area contributed by atoms with Crippen LogP contribution in [0.1, 0.15) is 86.5 Å². The molecule has 0 radical (unpaired) electrons. The third-order valence-electron chi connectivity index (χ3n) is 11.9. The molecule has 2 N–H and O–H groups in total. The van der Waals surface area contributed by atoms with E-state index in [1.807, 2.05) is 6.92 Å². The molecule has 3 fully saturated rings. The molecule has 0 amide bonds. The minimum Gasteiger partial charge on any atom is -0.486 e. The number of rotatable bonds is 4. The van der Waals surface area contributed by atoms with Crippen molar-refractivity contribution in [2.45, 2.75) is 86.5 Å². The van der Waals surface area contributed by atoms with Gasteiger partial charge < -0.3 is 10.5 Å². The Morgan fingerprint density at radius 1 is 1.08 bits per heavy atom. The summed E-state index contributed by atoms with van der Waals surface area (Å²) < 4.78 is 18.3. The smallest absolute Gasteiger partial charge is 0.220 e. The molecule has 196 valence electrons. The molecule has 3 saturated carbocycles. The number of fused-ring (bicyclic) bond motifs is 7. The minimum atomic E-state index is -0.602. The molecule has 5 aliphatic carbocycles. The molecular formula is C32H44FNO2. The third kappa shape index (κ3) is 3.18. The zero-order chi connectivity index (χ0) is 26.3. The zero-order valence-electron chi connectivity index (χ0n) is 23.2. The Morgan fingerprint density at radius 2 is 1.78 bits per heavy atom. The molecule has 0 aliphatic heterocycles. The lowest BCUT2D eigenvalue weighted by molar-refractivity contribution is -0.157. The van der Waals surface area contributed by atoms with Crippen molar-refractivity contribution in [2.24, 2.45) is 38.7 Å². The summed E-state index contributed by atoms with van der Waals surface area (Å²) >= 11 is 0. The molecule has 0 spiro atoms. The molecule has 4 heteroatoms. The fourth-order valence-electron chi connectivity index (χ4n) is 9.06. The van der Waals surface area contributed by atoms with Crippen LogP contribution in [0.15, 0.2) is 58.6 Å². The number of carbonyl (C=O) groups excluding carboxylic acids is 1. The van der Waals surface area contributed by atoms with Gasteiger partial charge in [0.05, 0.1) is 0 Å². The Kier molecular flexibility index (Phi) is 5.64. The first-order valence-electron chi connectivity index (χ1n) is 13.8. The van der Waals surface area contributed by atoms with Crippen molar-refractivity contribution in [3.8, 4) is 0 Å². The van der Waals surface area contributed by atoms with Crippen LogP contribution in [0.4, 0.5) is 4.39 Å². The second-order valence-corrected chi connectivity index (χ2v) is 13.7. The highest BCUT2D eigenvalue weighted by atomic mass is 19.1. The molecule has 0 aromatic heterocycles. The minimum absolute atomic E-state index is 0.00353. The number of carbonyl (C=O) groups is 1. The van der Waals surface area contributed by atoms with Crippen molar-refractivity contribution >= 4 is 5.78 Å². The van der Waals surface area contributed by atoms with E-state index in [-0.39, 0.29) is 34.1 Å². The molecule has 0 saturated heterocycles. The fraction of sp³-hybridized carbons (Fsp3) is 0.656. The van der Waals surface area contributed by atoms with Crippen LogP contribution in [0.2, 0.25) is 0 Å². The number of allylic oxidation sites excluding steroid dienone is 8. The van der Waals surface area contributed by atoms with Crippen LogP contribution in [0.25, 0.3) is 0 Å². The quantitative estimate of drug-likeness (QED) is 0.441. The summed E-state index contributed by atoms with van der Waals surface area (Å²) in [5, 5.41) is 0. The van der Waals surface area contributed by atoms with Crippen molar-refractivity contribution in [1.29, 1.82) is 0 Å². The Hall–Kier alpha value is -2.10. The van der Waals surface area contributed by atoms with Gasteiger partial charge in [0.1, 0.15) is 13.3 Å². The maximum absolute atomic E-state index is 13.1.